The number of methoxy groups -OCH3 is 1. The van der Waals surface area contributed by atoms with Gasteiger partial charge in [-0.2, -0.15) is 0 Å². The van der Waals surface area contributed by atoms with E-state index in [0.717, 1.165) is 0 Å². The molecule has 4 atom stereocenters. The molecular weight excluding hydrogens is 520 g/mol. The second-order valence-corrected chi connectivity index (χ2v) is 10.2. The first-order chi connectivity index (χ1) is 19.0. The van der Waals surface area contributed by atoms with Crippen LogP contribution in [0.25, 0.3) is 0 Å². The molecule has 0 aromatic heterocycles. The van der Waals surface area contributed by atoms with Gasteiger partial charge in [-0.25, -0.2) is 0 Å². The lowest BCUT2D eigenvalue weighted by Gasteiger charge is -2.29. The third-order valence-electron chi connectivity index (χ3n) is 7.26. The maximum Gasteiger partial charge on any atom is 0.202 e. The van der Waals surface area contributed by atoms with Crippen LogP contribution >= 0.6 is 0 Å². The summed E-state index contributed by atoms with van der Waals surface area (Å²) >= 11 is 0. The smallest absolute Gasteiger partial charge is 0.202 e. The van der Waals surface area contributed by atoms with Gasteiger partial charge in [0.15, 0.2) is 17.9 Å². The summed E-state index contributed by atoms with van der Waals surface area (Å²) in [6.45, 7) is 5.40. The molecule has 218 valence electrons. The fourth-order valence-electron chi connectivity index (χ4n) is 5.17. The summed E-state index contributed by atoms with van der Waals surface area (Å²) in [5, 5.41) is 48.7. The molecule has 3 unspecified atom stereocenters. The number of hydrogen-bond acceptors (Lipinski definition) is 10. The maximum absolute atomic E-state index is 13.1. The maximum atomic E-state index is 13.1. The van der Waals surface area contributed by atoms with E-state index in [1.165, 1.54) is 19.6 Å². The number of benzene rings is 2. The van der Waals surface area contributed by atoms with Gasteiger partial charge in [0.2, 0.25) is 5.78 Å². The molecule has 3 aliphatic rings. The van der Waals surface area contributed by atoms with E-state index in [4.69, 9.17) is 24.8 Å². The van der Waals surface area contributed by atoms with E-state index < -0.39 is 36.5 Å². The number of hydrogen-bond donors (Lipinski definition) is 5. The van der Waals surface area contributed by atoms with Crippen LogP contribution in [0.2, 0.25) is 0 Å². The Kier molecular flexibility index (Phi) is 10.4. The summed E-state index contributed by atoms with van der Waals surface area (Å²) < 4.78 is 10.1. The number of phenolic OH excluding ortho intramolecular Hbond substituents is 2. The van der Waals surface area contributed by atoms with Crippen LogP contribution in [-0.2, 0) is 22.4 Å². The SMILES string of the molecule is CCC.COc1cccc2c1C(=O)c1c(O)c3c(c(O)c1C2=O)CC(C(=O)CO)CC3.C[C@@H]1OC(O)CCC1O. The van der Waals surface area contributed by atoms with Gasteiger partial charge in [-0.15, -0.1) is 0 Å². The van der Waals surface area contributed by atoms with E-state index in [0.29, 0.717) is 24.8 Å². The van der Waals surface area contributed by atoms with Crippen molar-refractivity contribution in [1.29, 1.82) is 0 Å². The molecule has 0 spiro atoms. The van der Waals surface area contributed by atoms with Gasteiger partial charge in [0.25, 0.3) is 0 Å². The van der Waals surface area contributed by atoms with E-state index >= 15 is 0 Å². The molecule has 10 nitrogen and oxygen atoms in total. The summed E-state index contributed by atoms with van der Waals surface area (Å²) in [5.41, 5.74) is 0.301. The molecule has 10 heteroatoms. The highest BCUT2D eigenvalue weighted by Gasteiger charge is 2.41. The molecule has 5 N–H and O–H groups in total. The lowest BCUT2D eigenvalue weighted by Crippen LogP contribution is -2.36. The molecule has 0 bridgehead atoms. The minimum Gasteiger partial charge on any atom is -0.507 e. The lowest BCUT2D eigenvalue weighted by atomic mass is 9.75. The van der Waals surface area contributed by atoms with Crippen LogP contribution in [0.15, 0.2) is 18.2 Å². The Morgan fingerprint density at radius 3 is 2.17 bits per heavy atom. The number of Topliss-reactive ketones (excluding diaryl/α,β-unsaturated/α-hetero) is 1. The third-order valence-corrected chi connectivity index (χ3v) is 7.26. The van der Waals surface area contributed by atoms with Gasteiger partial charge in [-0.3, -0.25) is 14.4 Å². The average Bonchev–Trinajstić information content (AvgIpc) is 2.95. The van der Waals surface area contributed by atoms with E-state index in [2.05, 4.69) is 13.8 Å². The molecule has 0 saturated carbocycles. The van der Waals surface area contributed by atoms with Crippen LogP contribution in [0.4, 0.5) is 0 Å². The van der Waals surface area contributed by atoms with E-state index in [-0.39, 0.29) is 69.8 Å². The third kappa shape index (κ3) is 6.05. The molecule has 1 fully saturated rings. The Morgan fingerprint density at radius 2 is 1.60 bits per heavy atom. The van der Waals surface area contributed by atoms with Gasteiger partial charge in [-0.05, 0) is 38.7 Å². The summed E-state index contributed by atoms with van der Waals surface area (Å²) in [6.07, 6.45) is 1.88. The number of phenols is 2. The first-order valence-electron chi connectivity index (χ1n) is 13.5. The van der Waals surface area contributed by atoms with E-state index in [9.17, 15) is 24.6 Å². The highest BCUT2D eigenvalue weighted by atomic mass is 16.6. The normalized spacial score (nSPS) is 22.9. The quantitative estimate of drug-likeness (QED) is 0.301. The van der Waals surface area contributed by atoms with E-state index in [1.807, 2.05) is 0 Å². The zero-order valence-corrected chi connectivity index (χ0v) is 23.3. The van der Waals surface area contributed by atoms with Crippen LogP contribution in [0.5, 0.6) is 17.2 Å². The monoisotopic (exact) mass is 558 g/mol. The van der Waals surface area contributed by atoms with Crippen molar-refractivity contribution >= 4 is 17.3 Å². The number of ketones is 3. The highest BCUT2D eigenvalue weighted by molar-refractivity contribution is 6.31. The number of aliphatic hydroxyl groups is 3. The Labute approximate surface area is 233 Å². The Bertz CT molecular complexity index is 1270. The number of aromatic hydroxyl groups is 2. The summed E-state index contributed by atoms with van der Waals surface area (Å²) in [4.78, 5) is 38.1. The molecule has 40 heavy (non-hydrogen) atoms. The Morgan fingerprint density at radius 1 is 0.975 bits per heavy atom. The number of ether oxygens (including phenoxy) is 2. The van der Waals surface area contributed by atoms with Gasteiger partial charge in [-0.1, -0.05) is 32.4 Å². The molecule has 2 aromatic carbocycles. The van der Waals surface area contributed by atoms with Crippen molar-refractivity contribution in [3.8, 4) is 17.2 Å². The molecular formula is C30H38O10. The van der Waals surface area contributed by atoms with Crippen molar-refractivity contribution in [2.45, 2.75) is 77.8 Å². The molecule has 1 heterocycles. The number of fused-ring (bicyclic) bond motifs is 3. The topological polar surface area (TPSA) is 171 Å². The predicted octanol–water partition coefficient (Wildman–Crippen LogP) is 2.83. The van der Waals surface area contributed by atoms with Crippen LogP contribution in [0, 0.1) is 5.92 Å². The molecule has 1 saturated heterocycles. The number of carbonyl (C=O) groups excluding carboxylic acids is 3. The van der Waals surface area contributed by atoms with Gasteiger partial charge < -0.3 is 35.0 Å². The summed E-state index contributed by atoms with van der Waals surface area (Å²) in [6, 6.07) is 4.59. The van der Waals surface area contributed by atoms with Crippen LogP contribution in [-0.4, -0.2) is 75.1 Å². The minimum absolute atomic E-state index is 0.0568. The zero-order valence-electron chi connectivity index (χ0n) is 23.3. The summed E-state index contributed by atoms with van der Waals surface area (Å²) in [7, 11) is 1.38. The fourth-order valence-corrected chi connectivity index (χ4v) is 5.17. The average molecular weight is 559 g/mol. The Balaban J connectivity index is 0.000000307. The van der Waals surface area contributed by atoms with Crippen LogP contribution in [0.1, 0.15) is 89.4 Å². The lowest BCUT2D eigenvalue weighted by molar-refractivity contribution is -0.192. The number of aliphatic hydroxyl groups excluding tert-OH is 3. The second kappa shape index (κ2) is 13.4. The first kappa shape index (κ1) is 31.2. The molecule has 2 aliphatic carbocycles. The van der Waals surface area contributed by atoms with Crippen LogP contribution < -0.4 is 4.74 Å². The predicted molar refractivity (Wildman–Crippen MR) is 145 cm³/mol. The van der Waals surface area contributed by atoms with Crippen molar-refractivity contribution in [3.05, 3.63) is 51.6 Å². The van der Waals surface area contributed by atoms with Gasteiger partial charge >= 0.3 is 0 Å². The van der Waals surface area contributed by atoms with Gasteiger partial charge in [0.05, 0.1) is 36.0 Å². The molecule has 0 radical (unpaired) electrons. The minimum atomic E-state index is -0.664. The van der Waals surface area contributed by atoms with Crippen molar-refractivity contribution in [1.82, 2.24) is 0 Å². The molecule has 1 aliphatic heterocycles. The molecule has 0 amide bonds. The Hall–Kier alpha value is -3.31. The highest BCUT2D eigenvalue weighted by Crippen LogP contribution is 2.47. The van der Waals surface area contributed by atoms with Crippen molar-refractivity contribution in [2.75, 3.05) is 13.7 Å². The number of rotatable bonds is 3. The van der Waals surface area contributed by atoms with Gasteiger partial charge in [0, 0.05) is 29.0 Å². The molecule has 2 aromatic rings. The van der Waals surface area contributed by atoms with Gasteiger partial charge in [0.1, 0.15) is 23.9 Å². The standard InChI is InChI=1S/C21H18O7.C6H12O3.C3H8/c1-28-14-4-2-3-11-15(14)21(27)17-16(19(11)25)20(26)12-7-9(13(23)8-22)5-6-10(12)18(17)24;1-4-5(7)2-3-6(8)9-4;1-3-2/h2-4,9,22,24,26H,5-8H2,1H3;4-8H,2-3H2,1H3;3H2,1-2H3/t;4-,5?,6?;/m.0./s1. The van der Waals surface area contributed by atoms with Crippen LogP contribution in [0.3, 0.4) is 0 Å². The van der Waals surface area contributed by atoms with Crippen molar-refractivity contribution in [3.63, 3.8) is 0 Å². The van der Waals surface area contributed by atoms with Crippen molar-refractivity contribution < 1.29 is 49.4 Å². The largest absolute Gasteiger partial charge is 0.507 e. The first-order valence-corrected chi connectivity index (χ1v) is 13.5. The molecule has 5 rings (SSSR count). The number of carbonyl (C=O) groups is 3. The second-order valence-electron chi connectivity index (χ2n) is 10.2. The van der Waals surface area contributed by atoms with E-state index in [1.54, 1.807) is 19.1 Å². The zero-order chi connectivity index (χ0) is 29.7. The summed E-state index contributed by atoms with van der Waals surface area (Å²) in [5.74, 6) is -2.56. The van der Waals surface area contributed by atoms with Crippen molar-refractivity contribution in [2.24, 2.45) is 5.92 Å². The fraction of sp³-hybridized carbons (Fsp3) is 0.500.